The van der Waals surface area contributed by atoms with Crippen LogP contribution in [0.5, 0.6) is 0 Å². The number of aromatic carboxylic acids is 1. The van der Waals surface area contributed by atoms with E-state index >= 15 is 0 Å². The van der Waals surface area contributed by atoms with Crippen LogP contribution in [0.15, 0.2) is 40.8 Å². The third kappa shape index (κ3) is 1.76. The zero-order valence-electron chi connectivity index (χ0n) is 8.23. The third-order valence-electron chi connectivity index (χ3n) is 2.21. The van der Waals surface area contributed by atoms with Crippen molar-refractivity contribution in [3.05, 3.63) is 47.9 Å². The van der Waals surface area contributed by atoms with Crippen LogP contribution in [0.4, 0.5) is 0 Å². The number of hydrogen-bond donors (Lipinski definition) is 1. The van der Waals surface area contributed by atoms with Gasteiger partial charge in [0.2, 0.25) is 5.76 Å². The van der Waals surface area contributed by atoms with E-state index in [-0.39, 0.29) is 5.76 Å². The molecule has 2 rings (SSSR count). The van der Waals surface area contributed by atoms with Gasteiger partial charge in [-0.05, 0) is 18.6 Å². The molecule has 0 radical (unpaired) electrons. The van der Waals surface area contributed by atoms with Crippen LogP contribution in [-0.2, 0) is 0 Å². The normalized spacial score (nSPS) is 10.2. The maximum Gasteiger partial charge on any atom is 0.371 e. The molecule has 3 nitrogen and oxygen atoms in total. The van der Waals surface area contributed by atoms with Gasteiger partial charge in [0.1, 0.15) is 5.76 Å². The first kappa shape index (κ1) is 9.52. The number of benzene rings is 1. The van der Waals surface area contributed by atoms with E-state index in [1.807, 2.05) is 30.3 Å². The molecule has 0 saturated carbocycles. The molecule has 0 aliphatic heterocycles. The number of hydrogen-bond acceptors (Lipinski definition) is 2. The predicted molar refractivity (Wildman–Crippen MR) is 55.8 cm³/mol. The van der Waals surface area contributed by atoms with Crippen molar-refractivity contribution >= 4 is 5.97 Å². The summed E-state index contributed by atoms with van der Waals surface area (Å²) in [5.74, 6) is -0.440. The van der Waals surface area contributed by atoms with E-state index in [1.54, 1.807) is 13.0 Å². The number of rotatable bonds is 2. The molecule has 1 heterocycles. The fourth-order valence-electron chi connectivity index (χ4n) is 1.49. The molecule has 15 heavy (non-hydrogen) atoms. The molecule has 0 saturated heterocycles. The first-order valence-corrected chi connectivity index (χ1v) is 4.57. The second kappa shape index (κ2) is 3.61. The first-order chi connectivity index (χ1) is 7.18. The molecule has 3 heteroatoms. The van der Waals surface area contributed by atoms with Crippen LogP contribution in [-0.4, -0.2) is 11.1 Å². The molecule has 0 spiro atoms. The van der Waals surface area contributed by atoms with Crippen LogP contribution in [0.25, 0.3) is 11.1 Å². The smallest absolute Gasteiger partial charge is 0.371 e. The molecule has 1 aromatic carbocycles. The fraction of sp³-hybridized carbons (Fsp3) is 0.0833. The number of carbonyl (C=O) groups is 1. The Hall–Kier alpha value is -2.03. The van der Waals surface area contributed by atoms with Crippen LogP contribution in [0.2, 0.25) is 0 Å². The summed E-state index contributed by atoms with van der Waals surface area (Å²) in [6, 6.07) is 11.1. The summed E-state index contributed by atoms with van der Waals surface area (Å²) in [6.45, 7) is 1.76. The van der Waals surface area contributed by atoms with Crippen LogP contribution < -0.4 is 0 Å². The van der Waals surface area contributed by atoms with Crippen molar-refractivity contribution in [3.8, 4) is 11.1 Å². The van der Waals surface area contributed by atoms with Crippen molar-refractivity contribution in [3.63, 3.8) is 0 Å². The summed E-state index contributed by atoms with van der Waals surface area (Å²) in [5, 5.41) is 8.78. The van der Waals surface area contributed by atoms with Gasteiger partial charge in [0.15, 0.2) is 0 Å². The highest BCUT2D eigenvalue weighted by molar-refractivity contribution is 5.87. The Bertz CT molecular complexity index is 483. The Morgan fingerprint density at radius 3 is 2.47 bits per heavy atom. The summed E-state index contributed by atoms with van der Waals surface area (Å²) in [4.78, 5) is 10.7. The second-order valence-corrected chi connectivity index (χ2v) is 3.25. The molecule has 0 aliphatic carbocycles. The van der Waals surface area contributed by atoms with E-state index < -0.39 is 5.97 Å². The second-order valence-electron chi connectivity index (χ2n) is 3.25. The lowest BCUT2D eigenvalue weighted by Crippen LogP contribution is -1.91. The van der Waals surface area contributed by atoms with Crippen molar-refractivity contribution < 1.29 is 14.3 Å². The molecule has 1 aromatic heterocycles. The lowest BCUT2D eigenvalue weighted by Gasteiger charge is -1.96. The van der Waals surface area contributed by atoms with Gasteiger partial charge >= 0.3 is 5.97 Å². The minimum atomic E-state index is -1.04. The van der Waals surface area contributed by atoms with Crippen LogP contribution in [0.3, 0.4) is 0 Å². The SMILES string of the molecule is Cc1oc(C(=O)O)cc1-c1ccccc1. The maximum atomic E-state index is 10.7. The molecular formula is C12H10O3. The van der Waals surface area contributed by atoms with Gasteiger partial charge < -0.3 is 9.52 Å². The summed E-state index contributed by atoms with van der Waals surface area (Å²) in [5.41, 5.74) is 1.79. The Balaban J connectivity index is 2.50. The van der Waals surface area contributed by atoms with Crippen molar-refractivity contribution in [1.82, 2.24) is 0 Å². The van der Waals surface area contributed by atoms with E-state index in [4.69, 9.17) is 9.52 Å². The predicted octanol–water partition coefficient (Wildman–Crippen LogP) is 2.95. The van der Waals surface area contributed by atoms with Gasteiger partial charge in [0, 0.05) is 5.56 Å². The zero-order valence-corrected chi connectivity index (χ0v) is 8.23. The van der Waals surface area contributed by atoms with Crippen LogP contribution >= 0.6 is 0 Å². The molecule has 2 aromatic rings. The molecule has 0 aliphatic rings. The highest BCUT2D eigenvalue weighted by Crippen LogP contribution is 2.26. The van der Waals surface area contributed by atoms with Gasteiger partial charge in [-0.1, -0.05) is 30.3 Å². The molecular weight excluding hydrogens is 192 g/mol. The summed E-state index contributed by atoms with van der Waals surface area (Å²) < 4.78 is 5.13. The van der Waals surface area contributed by atoms with Gasteiger partial charge in [-0.15, -0.1) is 0 Å². The Kier molecular flexibility index (Phi) is 2.29. The van der Waals surface area contributed by atoms with E-state index in [9.17, 15) is 4.79 Å². The van der Waals surface area contributed by atoms with Gasteiger partial charge in [0.25, 0.3) is 0 Å². The zero-order chi connectivity index (χ0) is 10.8. The quantitative estimate of drug-likeness (QED) is 0.814. The maximum absolute atomic E-state index is 10.7. The van der Waals surface area contributed by atoms with Gasteiger partial charge in [0.05, 0.1) is 0 Å². The highest BCUT2D eigenvalue weighted by Gasteiger charge is 2.13. The van der Waals surface area contributed by atoms with Gasteiger partial charge in [-0.3, -0.25) is 0 Å². The number of aryl methyl sites for hydroxylation is 1. The fourth-order valence-corrected chi connectivity index (χ4v) is 1.49. The van der Waals surface area contributed by atoms with E-state index in [1.165, 1.54) is 0 Å². The molecule has 0 amide bonds. The van der Waals surface area contributed by atoms with Crippen LogP contribution in [0.1, 0.15) is 16.3 Å². The molecule has 0 bridgehead atoms. The third-order valence-corrected chi connectivity index (χ3v) is 2.21. The summed E-state index contributed by atoms with van der Waals surface area (Å²) in [7, 11) is 0. The topological polar surface area (TPSA) is 50.4 Å². The van der Waals surface area contributed by atoms with Gasteiger partial charge in [-0.25, -0.2) is 4.79 Å². The Morgan fingerprint density at radius 1 is 1.27 bits per heavy atom. The minimum absolute atomic E-state index is 0.0219. The molecule has 1 N–H and O–H groups in total. The molecule has 0 atom stereocenters. The first-order valence-electron chi connectivity index (χ1n) is 4.57. The standard InChI is InChI=1S/C12H10O3/c1-8-10(7-11(15-8)12(13)14)9-5-3-2-4-6-9/h2-7H,1H3,(H,13,14). The van der Waals surface area contributed by atoms with Crippen molar-refractivity contribution in [2.75, 3.05) is 0 Å². The molecule has 0 fully saturated rings. The monoisotopic (exact) mass is 202 g/mol. The molecule has 76 valence electrons. The average Bonchev–Trinajstić information content (AvgIpc) is 2.62. The lowest BCUT2D eigenvalue weighted by atomic mass is 10.1. The summed E-state index contributed by atoms with van der Waals surface area (Å²) >= 11 is 0. The van der Waals surface area contributed by atoms with E-state index in [2.05, 4.69) is 0 Å². The highest BCUT2D eigenvalue weighted by atomic mass is 16.4. The van der Waals surface area contributed by atoms with Gasteiger partial charge in [-0.2, -0.15) is 0 Å². The number of carboxylic acids is 1. The molecule has 0 unspecified atom stereocenters. The minimum Gasteiger partial charge on any atom is -0.475 e. The van der Waals surface area contributed by atoms with Crippen molar-refractivity contribution in [1.29, 1.82) is 0 Å². The average molecular weight is 202 g/mol. The number of furan rings is 1. The van der Waals surface area contributed by atoms with E-state index in [0.29, 0.717) is 5.76 Å². The lowest BCUT2D eigenvalue weighted by molar-refractivity contribution is 0.0661. The van der Waals surface area contributed by atoms with E-state index in [0.717, 1.165) is 11.1 Å². The van der Waals surface area contributed by atoms with Crippen LogP contribution in [0, 0.1) is 6.92 Å². The summed E-state index contributed by atoms with van der Waals surface area (Å²) in [6.07, 6.45) is 0. The number of carboxylic acid groups (broad SMARTS) is 1. The largest absolute Gasteiger partial charge is 0.475 e. The van der Waals surface area contributed by atoms with Crippen molar-refractivity contribution in [2.45, 2.75) is 6.92 Å². The Labute approximate surface area is 87.0 Å². The Morgan fingerprint density at radius 2 is 1.93 bits per heavy atom. The van der Waals surface area contributed by atoms with Crippen molar-refractivity contribution in [2.24, 2.45) is 0 Å².